The minimum Gasteiger partial charge on any atom is -0.312 e. The number of hydrogen-bond donors (Lipinski definition) is 1. The van der Waals surface area contributed by atoms with Crippen LogP contribution in [-0.2, 0) is 0 Å². The lowest BCUT2D eigenvalue weighted by Gasteiger charge is -2.45. The lowest BCUT2D eigenvalue weighted by atomic mass is 9.78. The Bertz CT molecular complexity index is 283. The molecular weight excluding hydrogens is 232 g/mol. The largest absolute Gasteiger partial charge is 0.312 e. The third-order valence-electron chi connectivity index (χ3n) is 6.02. The van der Waals surface area contributed by atoms with Gasteiger partial charge in [0.15, 0.2) is 0 Å². The Labute approximate surface area is 119 Å². The predicted molar refractivity (Wildman–Crippen MR) is 81.3 cm³/mol. The van der Waals surface area contributed by atoms with Crippen molar-refractivity contribution in [2.45, 2.75) is 70.9 Å². The third-order valence-corrected chi connectivity index (χ3v) is 6.02. The van der Waals surface area contributed by atoms with E-state index in [1.807, 2.05) is 0 Å². The van der Waals surface area contributed by atoms with Crippen LogP contribution in [0.2, 0.25) is 0 Å². The zero-order valence-corrected chi connectivity index (χ0v) is 12.9. The Balaban J connectivity index is 1.47. The quantitative estimate of drug-likeness (QED) is 0.820. The molecule has 0 radical (unpaired) electrons. The summed E-state index contributed by atoms with van der Waals surface area (Å²) < 4.78 is 0. The van der Waals surface area contributed by atoms with E-state index in [2.05, 4.69) is 24.1 Å². The molecule has 2 heteroatoms. The van der Waals surface area contributed by atoms with Crippen LogP contribution in [0.25, 0.3) is 0 Å². The lowest BCUT2D eigenvalue weighted by Crippen LogP contribution is -2.54. The van der Waals surface area contributed by atoms with Gasteiger partial charge in [-0.1, -0.05) is 19.8 Å². The summed E-state index contributed by atoms with van der Waals surface area (Å²) in [5.74, 6) is 2.86. The Morgan fingerprint density at radius 1 is 1.11 bits per heavy atom. The molecule has 0 amide bonds. The van der Waals surface area contributed by atoms with Crippen LogP contribution in [0.5, 0.6) is 0 Å². The molecule has 1 aliphatic heterocycles. The fraction of sp³-hybridized carbons (Fsp3) is 1.00. The second-order valence-corrected chi connectivity index (χ2v) is 7.63. The number of piperidine rings is 1. The van der Waals surface area contributed by atoms with Crippen molar-refractivity contribution in [2.75, 3.05) is 19.6 Å². The molecule has 2 nitrogen and oxygen atoms in total. The zero-order chi connectivity index (χ0) is 13.2. The molecule has 0 aromatic carbocycles. The second-order valence-electron chi connectivity index (χ2n) is 7.63. The Hall–Kier alpha value is -0.0800. The van der Waals surface area contributed by atoms with Gasteiger partial charge in [-0.15, -0.1) is 0 Å². The summed E-state index contributed by atoms with van der Waals surface area (Å²) in [4.78, 5) is 2.79. The van der Waals surface area contributed by atoms with E-state index in [-0.39, 0.29) is 0 Å². The normalized spacial score (nSPS) is 35.7. The minimum atomic E-state index is 0.756. The summed E-state index contributed by atoms with van der Waals surface area (Å²) in [6.07, 6.45) is 10.2. The highest BCUT2D eigenvalue weighted by molar-refractivity contribution is 4.89. The van der Waals surface area contributed by atoms with Gasteiger partial charge in [-0.3, -0.25) is 4.90 Å². The number of rotatable bonds is 5. The van der Waals surface area contributed by atoms with Gasteiger partial charge < -0.3 is 5.32 Å². The first-order valence-electron chi connectivity index (χ1n) is 8.70. The average Bonchev–Trinajstić information content (AvgIpc) is 2.23. The van der Waals surface area contributed by atoms with Gasteiger partial charge in [0.2, 0.25) is 0 Å². The van der Waals surface area contributed by atoms with Crippen molar-refractivity contribution < 1.29 is 0 Å². The molecular formula is C17H32N2. The number of nitrogens with zero attached hydrogens (tertiary/aromatic N) is 1. The molecule has 2 saturated carbocycles. The molecule has 2 aliphatic carbocycles. The first kappa shape index (κ1) is 13.9. The van der Waals surface area contributed by atoms with Gasteiger partial charge in [0, 0.05) is 25.2 Å². The van der Waals surface area contributed by atoms with Gasteiger partial charge in [-0.25, -0.2) is 0 Å². The maximum absolute atomic E-state index is 3.87. The van der Waals surface area contributed by atoms with Crippen LogP contribution in [0, 0.1) is 17.8 Å². The smallest absolute Gasteiger partial charge is 0.0198 e. The van der Waals surface area contributed by atoms with Gasteiger partial charge >= 0.3 is 0 Å². The van der Waals surface area contributed by atoms with E-state index in [4.69, 9.17) is 0 Å². The molecule has 3 rings (SSSR count). The summed E-state index contributed by atoms with van der Waals surface area (Å²) in [5, 5.41) is 3.87. The maximum atomic E-state index is 3.87. The summed E-state index contributed by atoms with van der Waals surface area (Å²) in [5.41, 5.74) is 0. The Morgan fingerprint density at radius 2 is 1.84 bits per heavy atom. The van der Waals surface area contributed by atoms with Crippen molar-refractivity contribution in [1.82, 2.24) is 10.2 Å². The van der Waals surface area contributed by atoms with Gasteiger partial charge in [0.05, 0.1) is 0 Å². The van der Waals surface area contributed by atoms with E-state index < -0.39 is 0 Å². The minimum absolute atomic E-state index is 0.756. The van der Waals surface area contributed by atoms with E-state index in [1.54, 1.807) is 0 Å². The third kappa shape index (κ3) is 3.33. The van der Waals surface area contributed by atoms with Crippen LogP contribution < -0.4 is 5.32 Å². The molecule has 0 aromatic rings. The van der Waals surface area contributed by atoms with E-state index in [0.29, 0.717) is 0 Å². The van der Waals surface area contributed by atoms with Crippen LogP contribution in [0.1, 0.15) is 58.8 Å². The second kappa shape index (κ2) is 6.13. The standard InChI is InChI=1S/C17H32N2/c1-13-9-17(18-10-15-5-3-6-15)12-19(11-13)14(2)16-7-4-8-16/h13-18H,3-12H2,1-2H3. The van der Waals surface area contributed by atoms with Crippen molar-refractivity contribution in [1.29, 1.82) is 0 Å². The van der Waals surface area contributed by atoms with Crippen LogP contribution in [0.15, 0.2) is 0 Å². The summed E-state index contributed by atoms with van der Waals surface area (Å²) in [7, 11) is 0. The van der Waals surface area contributed by atoms with Crippen LogP contribution >= 0.6 is 0 Å². The SMILES string of the molecule is CC1CC(NCC2CCC2)CN(C(C)C2CCC2)C1. The molecule has 1 N–H and O–H groups in total. The highest BCUT2D eigenvalue weighted by Crippen LogP contribution is 2.34. The molecule has 0 bridgehead atoms. The Morgan fingerprint density at radius 3 is 2.42 bits per heavy atom. The van der Waals surface area contributed by atoms with Crippen molar-refractivity contribution in [3.8, 4) is 0 Å². The number of hydrogen-bond acceptors (Lipinski definition) is 2. The molecule has 1 saturated heterocycles. The van der Waals surface area contributed by atoms with Crippen LogP contribution in [-0.4, -0.2) is 36.6 Å². The summed E-state index contributed by atoms with van der Waals surface area (Å²) >= 11 is 0. The average molecular weight is 264 g/mol. The van der Waals surface area contributed by atoms with Crippen molar-refractivity contribution in [3.05, 3.63) is 0 Å². The highest BCUT2D eigenvalue weighted by Gasteiger charge is 2.33. The molecule has 19 heavy (non-hydrogen) atoms. The van der Waals surface area contributed by atoms with Crippen LogP contribution in [0.3, 0.4) is 0 Å². The molecule has 3 aliphatic rings. The van der Waals surface area contributed by atoms with E-state index in [9.17, 15) is 0 Å². The monoisotopic (exact) mass is 264 g/mol. The summed E-state index contributed by atoms with van der Waals surface area (Å²) in [6.45, 7) is 8.83. The zero-order valence-electron chi connectivity index (χ0n) is 12.9. The molecule has 1 heterocycles. The predicted octanol–water partition coefficient (Wildman–Crippen LogP) is 3.28. The number of nitrogens with one attached hydrogen (secondary N) is 1. The molecule has 3 unspecified atom stereocenters. The van der Waals surface area contributed by atoms with Crippen LogP contribution in [0.4, 0.5) is 0 Å². The molecule has 0 aromatic heterocycles. The van der Waals surface area contributed by atoms with Gasteiger partial charge in [-0.05, 0) is 63.3 Å². The molecule has 3 fully saturated rings. The van der Waals surface area contributed by atoms with Gasteiger partial charge in [-0.2, -0.15) is 0 Å². The maximum Gasteiger partial charge on any atom is 0.0198 e. The van der Waals surface area contributed by atoms with Crippen molar-refractivity contribution in [2.24, 2.45) is 17.8 Å². The highest BCUT2D eigenvalue weighted by atomic mass is 15.2. The van der Waals surface area contributed by atoms with E-state index in [1.165, 1.54) is 64.6 Å². The van der Waals surface area contributed by atoms with Gasteiger partial charge in [0.1, 0.15) is 0 Å². The topological polar surface area (TPSA) is 15.3 Å². The first-order valence-corrected chi connectivity index (χ1v) is 8.70. The van der Waals surface area contributed by atoms with Crippen molar-refractivity contribution in [3.63, 3.8) is 0 Å². The molecule has 0 spiro atoms. The van der Waals surface area contributed by atoms with E-state index >= 15 is 0 Å². The fourth-order valence-electron chi connectivity index (χ4n) is 4.12. The Kier molecular flexibility index (Phi) is 4.48. The van der Waals surface area contributed by atoms with E-state index in [0.717, 1.165) is 29.8 Å². The first-order chi connectivity index (χ1) is 9.22. The van der Waals surface area contributed by atoms with Gasteiger partial charge in [0.25, 0.3) is 0 Å². The molecule has 110 valence electrons. The molecule has 3 atom stereocenters. The fourth-order valence-corrected chi connectivity index (χ4v) is 4.12. The lowest BCUT2D eigenvalue weighted by molar-refractivity contribution is 0.0540. The summed E-state index contributed by atoms with van der Waals surface area (Å²) in [6, 6.07) is 1.58. The number of likely N-dealkylation sites (tertiary alicyclic amines) is 1. The van der Waals surface area contributed by atoms with Crippen molar-refractivity contribution >= 4 is 0 Å².